The number of nitrogens with zero attached hydrogens (tertiary/aromatic N) is 1. The van der Waals surface area contributed by atoms with Crippen LogP contribution in [0.1, 0.15) is 0 Å². The van der Waals surface area contributed by atoms with Gasteiger partial charge in [0.25, 0.3) is 0 Å². The highest BCUT2D eigenvalue weighted by Crippen LogP contribution is 2.42. The molecule has 2 heteroatoms. The first kappa shape index (κ1) is 32.0. The molecule has 0 saturated heterocycles. The number of furan rings is 1. The number of anilines is 3. The summed E-state index contributed by atoms with van der Waals surface area (Å²) in [5.74, 6) is 0. The van der Waals surface area contributed by atoms with Gasteiger partial charge in [-0.25, -0.2) is 0 Å². The van der Waals surface area contributed by atoms with Gasteiger partial charge in [-0.1, -0.05) is 164 Å². The van der Waals surface area contributed by atoms with E-state index in [0.29, 0.717) is 0 Å². The van der Waals surface area contributed by atoms with Crippen molar-refractivity contribution >= 4 is 71.3 Å². The predicted octanol–water partition coefficient (Wildman–Crippen LogP) is 15.5. The van der Waals surface area contributed by atoms with Crippen LogP contribution in [0.3, 0.4) is 0 Å². The van der Waals surface area contributed by atoms with Crippen molar-refractivity contribution < 1.29 is 4.42 Å². The predicted molar refractivity (Wildman–Crippen MR) is 237 cm³/mol. The van der Waals surface area contributed by atoms with E-state index < -0.39 is 0 Å². The molecular formula is C54H35NO. The smallest absolute Gasteiger partial charge is 0.136 e. The summed E-state index contributed by atoms with van der Waals surface area (Å²) >= 11 is 0. The molecule has 11 aromatic rings. The Labute approximate surface area is 325 Å². The molecule has 0 fully saturated rings. The van der Waals surface area contributed by atoms with Crippen molar-refractivity contribution in [3.63, 3.8) is 0 Å². The van der Waals surface area contributed by atoms with E-state index in [0.717, 1.165) is 50.1 Å². The van der Waals surface area contributed by atoms with Gasteiger partial charge in [-0.3, -0.25) is 0 Å². The third kappa shape index (κ3) is 5.34. The normalized spacial score (nSPS) is 11.6. The quantitative estimate of drug-likeness (QED) is 0.160. The van der Waals surface area contributed by atoms with E-state index in [1.807, 2.05) is 12.1 Å². The molecule has 56 heavy (non-hydrogen) atoms. The van der Waals surface area contributed by atoms with E-state index in [-0.39, 0.29) is 0 Å². The van der Waals surface area contributed by atoms with Crippen LogP contribution in [0.2, 0.25) is 0 Å². The fourth-order valence-electron chi connectivity index (χ4n) is 8.63. The Morgan fingerprint density at radius 2 is 0.857 bits per heavy atom. The van der Waals surface area contributed by atoms with Crippen molar-refractivity contribution in [2.24, 2.45) is 0 Å². The van der Waals surface area contributed by atoms with Gasteiger partial charge in [-0.2, -0.15) is 0 Å². The Morgan fingerprint density at radius 1 is 0.286 bits per heavy atom. The van der Waals surface area contributed by atoms with Crippen LogP contribution in [-0.4, -0.2) is 0 Å². The molecule has 0 amide bonds. The first-order valence-electron chi connectivity index (χ1n) is 19.2. The minimum absolute atomic E-state index is 0.895. The van der Waals surface area contributed by atoms with Crippen molar-refractivity contribution in [2.75, 3.05) is 4.90 Å². The van der Waals surface area contributed by atoms with E-state index in [1.165, 1.54) is 54.6 Å². The summed E-state index contributed by atoms with van der Waals surface area (Å²) in [4.78, 5) is 2.37. The summed E-state index contributed by atoms with van der Waals surface area (Å²) < 4.78 is 6.29. The van der Waals surface area contributed by atoms with Gasteiger partial charge in [0.05, 0.1) is 0 Å². The zero-order valence-electron chi connectivity index (χ0n) is 30.6. The van der Waals surface area contributed by atoms with Gasteiger partial charge in [-0.15, -0.1) is 0 Å². The SMILES string of the molecule is c1ccc(-c2cccc(N(c3ccc(-c4cccc5c4ccc4c6ccccc6ccc54)cc3)c3cccc(-c4cccc5oc6ccccc6c45)c3)c2)cc1. The van der Waals surface area contributed by atoms with Crippen LogP contribution in [0.15, 0.2) is 217 Å². The van der Waals surface area contributed by atoms with Crippen molar-refractivity contribution in [2.45, 2.75) is 0 Å². The van der Waals surface area contributed by atoms with Gasteiger partial charge in [0.1, 0.15) is 11.2 Å². The van der Waals surface area contributed by atoms with Crippen LogP contribution < -0.4 is 4.90 Å². The molecule has 0 atom stereocenters. The van der Waals surface area contributed by atoms with Gasteiger partial charge < -0.3 is 9.32 Å². The second-order valence-electron chi connectivity index (χ2n) is 14.5. The lowest BCUT2D eigenvalue weighted by molar-refractivity contribution is 0.669. The summed E-state index contributed by atoms with van der Waals surface area (Å²) in [6, 6.07) is 76.5. The Bertz CT molecular complexity index is 3250. The Morgan fingerprint density at radius 3 is 1.71 bits per heavy atom. The molecule has 0 unspecified atom stereocenters. The van der Waals surface area contributed by atoms with Crippen LogP contribution in [0.4, 0.5) is 17.1 Å². The minimum Gasteiger partial charge on any atom is -0.456 e. The van der Waals surface area contributed by atoms with E-state index in [1.54, 1.807) is 0 Å². The number of hydrogen-bond donors (Lipinski definition) is 0. The topological polar surface area (TPSA) is 16.4 Å². The van der Waals surface area contributed by atoms with E-state index in [9.17, 15) is 0 Å². The number of fused-ring (bicyclic) bond motifs is 8. The molecule has 10 aromatic carbocycles. The first-order chi connectivity index (χ1) is 27.8. The van der Waals surface area contributed by atoms with Crippen molar-refractivity contribution in [1.82, 2.24) is 0 Å². The highest BCUT2D eigenvalue weighted by Gasteiger charge is 2.18. The Kier molecular flexibility index (Phi) is 7.53. The molecule has 0 aliphatic heterocycles. The van der Waals surface area contributed by atoms with Crippen LogP contribution in [0, 0.1) is 0 Å². The molecule has 1 aromatic heterocycles. The Hall–Kier alpha value is -7.42. The fourth-order valence-corrected chi connectivity index (χ4v) is 8.63. The lowest BCUT2D eigenvalue weighted by Crippen LogP contribution is -2.10. The molecule has 0 N–H and O–H groups in total. The molecule has 2 nitrogen and oxygen atoms in total. The standard InChI is InChI=1S/C54H35NO/c1-2-12-36(13-3-1)39-15-8-17-42(34-39)55(43-18-9-16-40(35-43)46-22-11-25-53-54(46)51-20-6-7-24-52(51)56-53)41-29-26-38(27-30-41)45-21-10-23-47-48(45)32-33-49-44-19-5-4-14-37(44)28-31-50(47)49/h1-35H. The molecule has 0 saturated carbocycles. The van der Waals surface area contributed by atoms with E-state index in [2.05, 4.69) is 205 Å². The highest BCUT2D eigenvalue weighted by atomic mass is 16.3. The van der Waals surface area contributed by atoms with Crippen LogP contribution in [-0.2, 0) is 0 Å². The van der Waals surface area contributed by atoms with Crippen LogP contribution >= 0.6 is 0 Å². The molecule has 0 aliphatic carbocycles. The number of benzene rings is 10. The maximum Gasteiger partial charge on any atom is 0.136 e. The average molecular weight is 714 g/mol. The largest absolute Gasteiger partial charge is 0.456 e. The van der Waals surface area contributed by atoms with Crippen molar-refractivity contribution in [3.05, 3.63) is 212 Å². The lowest BCUT2D eigenvalue weighted by Gasteiger charge is -2.27. The second-order valence-corrected chi connectivity index (χ2v) is 14.5. The van der Waals surface area contributed by atoms with Crippen molar-refractivity contribution in [3.8, 4) is 33.4 Å². The first-order valence-corrected chi connectivity index (χ1v) is 19.2. The minimum atomic E-state index is 0.895. The van der Waals surface area contributed by atoms with Crippen LogP contribution in [0.5, 0.6) is 0 Å². The molecule has 0 aliphatic rings. The maximum absolute atomic E-state index is 6.29. The highest BCUT2D eigenvalue weighted by molar-refractivity contribution is 6.19. The third-order valence-electron chi connectivity index (χ3n) is 11.2. The molecule has 262 valence electrons. The molecular weight excluding hydrogens is 679 g/mol. The second kappa shape index (κ2) is 13.2. The summed E-state index contributed by atoms with van der Waals surface area (Å²) in [7, 11) is 0. The monoisotopic (exact) mass is 713 g/mol. The fraction of sp³-hybridized carbons (Fsp3) is 0. The molecule has 1 heterocycles. The maximum atomic E-state index is 6.29. The van der Waals surface area contributed by atoms with Crippen LogP contribution in [0.25, 0.3) is 87.6 Å². The van der Waals surface area contributed by atoms with Crippen molar-refractivity contribution in [1.29, 1.82) is 0 Å². The molecule has 0 bridgehead atoms. The van der Waals surface area contributed by atoms with Gasteiger partial charge >= 0.3 is 0 Å². The Balaban J connectivity index is 1.05. The van der Waals surface area contributed by atoms with Gasteiger partial charge in [-0.05, 0) is 114 Å². The lowest BCUT2D eigenvalue weighted by atomic mass is 9.92. The number of para-hydroxylation sites is 1. The third-order valence-corrected chi connectivity index (χ3v) is 11.2. The van der Waals surface area contributed by atoms with Gasteiger partial charge in [0.15, 0.2) is 0 Å². The molecule has 0 spiro atoms. The number of hydrogen-bond acceptors (Lipinski definition) is 2. The summed E-state index contributed by atoms with van der Waals surface area (Å²) in [6.07, 6.45) is 0. The summed E-state index contributed by atoms with van der Waals surface area (Å²) in [5.41, 5.74) is 12.1. The van der Waals surface area contributed by atoms with Gasteiger partial charge in [0.2, 0.25) is 0 Å². The average Bonchev–Trinajstić information content (AvgIpc) is 3.66. The van der Waals surface area contributed by atoms with E-state index >= 15 is 0 Å². The number of rotatable bonds is 6. The zero-order valence-corrected chi connectivity index (χ0v) is 30.6. The molecule has 11 rings (SSSR count). The molecule has 0 radical (unpaired) electrons. The summed E-state index contributed by atoms with van der Waals surface area (Å²) in [6.45, 7) is 0. The summed E-state index contributed by atoms with van der Waals surface area (Å²) in [5, 5.41) is 9.91. The zero-order chi connectivity index (χ0) is 37.0. The van der Waals surface area contributed by atoms with E-state index in [4.69, 9.17) is 4.42 Å². The van der Waals surface area contributed by atoms with Gasteiger partial charge in [0, 0.05) is 27.8 Å².